The summed E-state index contributed by atoms with van der Waals surface area (Å²) in [6, 6.07) is 12.6. The molecule has 1 aromatic heterocycles. The highest BCUT2D eigenvalue weighted by molar-refractivity contribution is 5.91. The Labute approximate surface area is 175 Å². The van der Waals surface area contributed by atoms with Crippen LogP contribution in [-0.2, 0) is 11.3 Å². The van der Waals surface area contributed by atoms with Crippen LogP contribution in [0.1, 0.15) is 25.2 Å². The van der Waals surface area contributed by atoms with Gasteiger partial charge in [0, 0.05) is 13.1 Å². The number of amides is 1. The normalized spacial score (nSPS) is 11.2. The van der Waals surface area contributed by atoms with Gasteiger partial charge in [-0.1, -0.05) is 18.2 Å². The molecule has 0 aliphatic rings. The lowest BCUT2D eigenvalue weighted by Gasteiger charge is -2.15. The lowest BCUT2D eigenvalue weighted by Crippen LogP contribution is -2.26. The minimum atomic E-state index is -0.220. The molecule has 0 saturated heterocycles. The molecule has 0 unspecified atom stereocenters. The molecule has 2 aromatic carbocycles. The summed E-state index contributed by atoms with van der Waals surface area (Å²) in [6.45, 7) is 4.08. The first-order valence-electron chi connectivity index (χ1n) is 9.63. The number of carbonyl (C=O) groups excluding carboxylic acids is 1. The molecule has 0 spiro atoms. The van der Waals surface area contributed by atoms with Gasteiger partial charge in [0.1, 0.15) is 5.82 Å². The summed E-state index contributed by atoms with van der Waals surface area (Å²) >= 11 is 0. The van der Waals surface area contributed by atoms with Crippen LogP contribution in [0.3, 0.4) is 0 Å². The summed E-state index contributed by atoms with van der Waals surface area (Å²) in [5.41, 5.74) is 1.19. The van der Waals surface area contributed by atoms with E-state index in [2.05, 4.69) is 9.97 Å². The molecule has 0 aliphatic carbocycles. The zero-order valence-electron chi connectivity index (χ0n) is 17.5. The van der Waals surface area contributed by atoms with E-state index in [1.165, 1.54) is 11.0 Å². The number of hydrogen-bond donors (Lipinski definition) is 1. The number of nitrogens with zero attached hydrogens (tertiary/aromatic N) is 2. The van der Waals surface area contributed by atoms with Crippen LogP contribution in [0, 0.1) is 0 Å². The van der Waals surface area contributed by atoms with Crippen LogP contribution in [0.2, 0.25) is 0 Å². The van der Waals surface area contributed by atoms with E-state index in [9.17, 15) is 9.59 Å². The highest BCUT2D eigenvalue weighted by Crippen LogP contribution is 2.29. The maximum Gasteiger partial charge on any atom is 0.258 e. The molecule has 0 saturated carbocycles. The van der Waals surface area contributed by atoms with Gasteiger partial charge >= 0.3 is 0 Å². The van der Waals surface area contributed by atoms with Crippen molar-refractivity contribution in [2.24, 2.45) is 0 Å². The van der Waals surface area contributed by atoms with E-state index in [4.69, 9.17) is 9.47 Å². The highest BCUT2D eigenvalue weighted by atomic mass is 16.5. The van der Waals surface area contributed by atoms with Crippen molar-refractivity contribution in [1.82, 2.24) is 14.9 Å². The van der Waals surface area contributed by atoms with Gasteiger partial charge in [0.05, 0.1) is 30.7 Å². The van der Waals surface area contributed by atoms with Gasteiger partial charge in [0.15, 0.2) is 11.5 Å². The summed E-state index contributed by atoms with van der Waals surface area (Å²) in [7, 11) is 3.23. The van der Waals surface area contributed by atoms with Gasteiger partial charge in [-0.2, -0.15) is 0 Å². The summed E-state index contributed by atoms with van der Waals surface area (Å²) in [4.78, 5) is 33.3. The van der Waals surface area contributed by atoms with Crippen LogP contribution in [0.4, 0.5) is 0 Å². The SMILES string of the molecule is COc1cc(C=CC(=O)N(C)Cc2nc3ccccc3c(=O)[nH]2)ccc1OC(C)C. The second-order valence-electron chi connectivity index (χ2n) is 7.13. The lowest BCUT2D eigenvalue weighted by atomic mass is 10.2. The van der Waals surface area contributed by atoms with Crippen LogP contribution < -0.4 is 15.0 Å². The molecule has 0 fully saturated rings. The third kappa shape index (κ3) is 5.05. The number of aromatic amines is 1. The predicted octanol–water partition coefficient (Wildman–Crippen LogP) is 3.39. The predicted molar refractivity (Wildman–Crippen MR) is 117 cm³/mol. The molecule has 30 heavy (non-hydrogen) atoms. The first-order valence-corrected chi connectivity index (χ1v) is 9.63. The van der Waals surface area contributed by atoms with Crippen molar-refractivity contribution in [2.75, 3.05) is 14.2 Å². The van der Waals surface area contributed by atoms with Gasteiger partial charge in [-0.15, -0.1) is 0 Å². The summed E-state index contributed by atoms with van der Waals surface area (Å²) < 4.78 is 11.1. The molecule has 3 rings (SSSR count). The van der Waals surface area contributed by atoms with Crippen LogP contribution in [0.25, 0.3) is 17.0 Å². The van der Waals surface area contributed by atoms with E-state index in [0.717, 1.165) is 5.56 Å². The smallest absolute Gasteiger partial charge is 0.258 e. The topological polar surface area (TPSA) is 84.5 Å². The van der Waals surface area contributed by atoms with Gasteiger partial charge in [0.2, 0.25) is 5.91 Å². The summed E-state index contributed by atoms with van der Waals surface area (Å²) in [5.74, 6) is 1.47. The van der Waals surface area contributed by atoms with E-state index >= 15 is 0 Å². The number of fused-ring (bicyclic) bond motifs is 1. The van der Waals surface area contributed by atoms with E-state index in [0.29, 0.717) is 28.2 Å². The Balaban J connectivity index is 1.71. The monoisotopic (exact) mass is 407 g/mol. The van der Waals surface area contributed by atoms with E-state index in [-0.39, 0.29) is 24.1 Å². The van der Waals surface area contributed by atoms with Gasteiger partial charge in [-0.25, -0.2) is 4.98 Å². The number of H-pyrrole nitrogens is 1. The second kappa shape index (κ2) is 9.26. The molecule has 156 valence electrons. The summed E-state index contributed by atoms with van der Waals surface area (Å²) in [6.07, 6.45) is 3.21. The quantitative estimate of drug-likeness (QED) is 0.607. The molecule has 0 aliphatic heterocycles. The average Bonchev–Trinajstić information content (AvgIpc) is 2.72. The van der Waals surface area contributed by atoms with Crippen LogP contribution in [0.15, 0.2) is 53.3 Å². The number of methoxy groups -OCH3 is 1. The molecule has 0 atom stereocenters. The van der Waals surface area contributed by atoms with E-state index in [1.54, 1.807) is 38.4 Å². The standard InChI is InChI=1S/C23H25N3O4/c1-15(2)30-19-11-9-16(13-20(19)29-4)10-12-22(27)26(3)14-21-24-18-8-6-5-7-17(18)23(28)25-21/h5-13,15H,14H2,1-4H3,(H,24,25,28). The first-order chi connectivity index (χ1) is 14.4. The van der Waals surface area contributed by atoms with Gasteiger partial charge < -0.3 is 19.4 Å². The maximum absolute atomic E-state index is 12.5. The zero-order valence-corrected chi connectivity index (χ0v) is 17.5. The number of carbonyl (C=O) groups is 1. The van der Waals surface area contributed by atoms with E-state index < -0.39 is 0 Å². The molecule has 1 heterocycles. The largest absolute Gasteiger partial charge is 0.493 e. The number of nitrogens with one attached hydrogen (secondary N) is 1. The van der Waals surface area contributed by atoms with Crippen molar-refractivity contribution in [3.05, 3.63) is 70.3 Å². The second-order valence-corrected chi connectivity index (χ2v) is 7.13. The third-order valence-corrected chi connectivity index (χ3v) is 4.39. The number of para-hydroxylation sites is 1. The minimum absolute atomic E-state index is 0.0330. The fourth-order valence-electron chi connectivity index (χ4n) is 2.95. The Hall–Kier alpha value is -3.61. The minimum Gasteiger partial charge on any atom is -0.493 e. The number of ether oxygens (including phenoxy) is 2. The molecule has 0 radical (unpaired) electrons. The number of hydrogen-bond acceptors (Lipinski definition) is 5. The van der Waals surface area contributed by atoms with Crippen molar-refractivity contribution in [3.63, 3.8) is 0 Å². The molecular weight excluding hydrogens is 382 g/mol. The average molecular weight is 407 g/mol. The molecule has 1 amide bonds. The van der Waals surface area contributed by atoms with Gasteiger partial charge in [0.25, 0.3) is 5.56 Å². The Bertz CT molecular complexity index is 1130. The van der Waals surface area contributed by atoms with Crippen LogP contribution in [-0.4, -0.2) is 41.0 Å². The van der Waals surface area contributed by atoms with Crippen molar-refractivity contribution in [3.8, 4) is 11.5 Å². The van der Waals surface area contributed by atoms with E-state index in [1.807, 2.05) is 38.1 Å². The molecule has 3 aromatic rings. The van der Waals surface area contributed by atoms with Crippen LogP contribution in [0.5, 0.6) is 11.5 Å². The fourth-order valence-corrected chi connectivity index (χ4v) is 2.95. The lowest BCUT2D eigenvalue weighted by molar-refractivity contribution is -0.125. The van der Waals surface area contributed by atoms with Crippen molar-refractivity contribution < 1.29 is 14.3 Å². The summed E-state index contributed by atoms with van der Waals surface area (Å²) in [5, 5.41) is 0.522. The van der Waals surface area contributed by atoms with Gasteiger partial charge in [-0.3, -0.25) is 9.59 Å². The number of benzene rings is 2. The molecule has 0 bridgehead atoms. The maximum atomic E-state index is 12.5. The number of rotatable bonds is 7. The Kier molecular flexibility index (Phi) is 6.51. The Morgan fingerprint density at radius 1 is 1.20 bits per heavy atom. The molecular formula is C23H25N3O4. The zero-order chi connectivity index (χ0) is 21.7. The Morgan fingerprint density at radius 3 is 2.70 bits per heavy atom. The van der Waals surface area contributed by atoms with Crippen molar-refractivity contribution in [2.45, 2.75) is 26.5 Å². The van der Waals surface area contributed by atoms with Gasteiger partial charge in [-0.05, 0) is 49.8 Å². The Morgan fingerprint density at radius 2 is 1.97 bits per heavy atom. The molecule has 1 N–H and O–H groups in total. The van der Waals surface area contributed by atoms with Crippen LogP contribution >= 0.6 is 0 Å². The van der Waals surface area contributed by atoms with Crippen molar-refractivity contribution >= 4 is 22.9 Å². The molecule has 7 nitrogen and oxygen atoms in total. The number of likely N-dealkylation sites (N-methyl/N-ethyl adjacent to an activating group) is 1. The number of aromatic nitrogens is 2. The first kappa shape index (κ1) is 21.1. The highest BCUT2D eigenvalue weighted by Gasteiger charge is 2.10. The molecule has 7 heteroatoms. The third-order valence-electron chi connectivity index (χ3n) is 4.39. The fraction of sp³-hybridized carbons (Fsp3) is 0.261. The van der Waals surface area contributed by atoms with Crippen molar-refractivity contribution in [1.29, 1.82) is 0 Å².